The molecule has 1 rings (SSSR count). The quantitative estimate of drug-likeness (QED) is 0.594. The van der Waals surface area contributed by atoms with Gasteiger partial charge in [-0.2, -0.15) is 0 Å². The molecule has 0 amide bonds. The van der Waals surface area contributed by atoms with E-state index in [9.17, 15) is 0 Å². The van der Waals surface area contributed by atoms with Crippen LogP contribution >= 0.6 is 0 Å². The smallest absolute Gasteiger partial charge is 0.00300 e. The molecule has 1 fully saturated rings. The molecule has 0 spiro atoms. The van der Waals surface area contributed by atoms with Crippen molar-refractivity contribution in [2.24, 2.45) is 5.41 Å². The van der Waals surface area contributed by atoms with E-state index in [2.05, 4.69) is 25.7 Å². The van der Waals surface area contributed by atoms with Crippen LogP contribution in [-0.4, -0.2) is 24.5 Å². The lowest BCUT2D eigenvalue weighted by Gasteiger charge is -2.30. The summed E-state index contributed by atoms with van der Waals surface area (Å²) in [5, 5.41) is 0. The Morgan fingerprint density at radius 2 is 0.895 bits per heavy atom. The predicted molar refractivity (Wildman–Crippen MR) is 86.7 cm³/mol. The lowest BCUT2D eigenvalue weighted by molar-refractivity contribution is 0.184. The van der Waals surface area contributed by atoms with Crippen molar-refractivity contribution >= 4 is 0 Å². The number of hydrogen-bond acceptors (Lipinski definition) is 1. The van der Waals surface area contributed by atoms with Gasteiger partial charge in [0.1, 0.15) is 0 Å². The third-order valence-electron chi connectivity index (χ3n) is 4.15. The fourth-order valence-corrected chi connectivity index (χ4v) is 3.20. The zero-order chi connectivity index (χ0) is 14.0. The van der Waals surface area contributed by atoms with Gasteiger partial charge in [0.15, 0.2) is 0 Å². The Morgan fingerprint density at radius 3 is 1.21 bits per heavy atom. The van der Waals surface area contributed by atoms with Crippen molar-refractivity contribution in [2.75, 3.05) is 19.6 Å². The van der Waals surface area contributed by atoms with E-state index in [1.807, 2.05) is 0 Å². The van der Waals surface area contributed by atoms with Crippen LogP contribution in [0, 0.1) is 5.41 Å². The second-order valence-electron chi connectivity index (χ2n) is 7.73. The van der Waals surface area contributed by atoms with E-state index in [0.29, 0.717) is 5.41 Å². The second kappa shape index (κ2) is 9.80. The van der Waals surface area contributed by atoms with Crippen LogP contribution < -0.4 is 0 Å². The Kier molecular flexibility index (Phi) is 8.77. The molecule has 1 saturated heterocycles. The molecule has 0 unspecified atom stereocenters. The monoisotopic (exact) mass is 267 g/mol. The van der Waals surface area contributed by atoms with Gasteiger partial charge >= 0.3 is 0 Å². The van der Waals surface area contributed by atoms with Crippen LogP contribution in [0.2, 0.25) is 0 Å². The number of hydrogen-bond donors (Lipinski definition) is 0. The summed E-state index contributed by atoms with van der Waals surface area (Å²) in [6.07, 6.45) is 16.0. The maximum absolute atomic E-state index is 2.73. The van der Waals surface area contributed by atoms with Gasteiger partial charge in [-0.15, -0.1) is 0 Å². The molecule has 0 aromatic carbocycles. The molecule has 0 aliphatic carbocycles. The minimum atomic E-state index is 0.450. The molecule has 1 nitrogen and oxygen atoms in total. The van der Waals surface area contributed by atoms with Crippen molar-refractivity contribution in [3.05, 3.63) is 0 Å². The summed E-state index contributed by atoms with van der Waals surface area (Å²) in [5.74, 6) is 0. The molecule has 0 atom stereocenters. The van der Waals surface area contributed by atoms with E-state index in [1.54, 1.807) is 0 Å². The van der Waals surface area contributed by atoms with E-state index in [-0.39, 0.29) is 0 Å². The standard InChI is InChI=1S/C18H37N/c1-18(2,3)17-19-15-13-11-9-7-5-4-6-8-10-12-14-16-19/h4-17H2,1-3H3. The van der Waals surface area contributed by atoms with Crippen molar-refractivity contribution in [2.45, 2.75) is 91.4 Å². The van der Waals surface area contributed by atoms with E-state index in [0.717, 1.165) is 0 Å². The molecule has 1 aliphatic rings. The van der Waals surface area contributed by atoms with Crippen LogP contribution in [-0.2, 0) is 0 Å². The van der Waals surface area contributed by atoms with Crippen LogP contribution in [0.15, 0.2) is 0 Å². The van der Waals surface area contributed by atoms with Gasteiger partial charge in [0.05, 0.1) is 0 Å². The molecule has 0 aromatic rings. The van der Waals surface area contributed by atoms with Crippen LogP contribution in [0.1, 0.15) is 91.4 Å². The third kappa shape index (κ3) is 10.4. The van der Waals surface area contributed by atoms with Gasteiger partial charge in [0.25, 0.3) is 0 Å². The Hall–Kier alpha value is -0.0400. The van der Waals surface area contributed by atoms with E-state index < -0.39 is 0 Å². The first-order valence-electron chi connectivity index (χ1n) is 8.80. The van der Waals surface area contributed by atoms with Gasteiger partial charge < -0.3 is 4.90 Å². The third-order valence-corrected chi connectivity index (χ3v) is 4.15. The van der Waals surface area contributed by atoms with Crippen molar-refractivity contribution in [3.8, 4) is 0 Å². The highest BCUT2D eigenvalue weighted by atomic mass is 15.1. The SMILES string of the molecule is CC(C)(C)CN1CCCCCCCCCCCCC1. The molecule has 0 bridgehead atoms. The summed E-state index contributed by atoms with van der Waals surface area (Å²) in [4.78, 5) is 2.73. The summed E-state index contributed by atoms with van der Waals surface area (Å²) in [6, 6.07) is 0. The molecule has 0 N–H and O–H groups in total. The van der Waals surface area contributed by atoms with Crippen LogP contribution in [0.25, 0.3) is 0 Å². The molecular formula is C18H37N. The molecule has 1 heteroatoms. The summed E-state index contributed by atoms with van der Waals surface area (Å²) in [6.45, 7) is 11.1. The van der Waals surface area contributed by atoms with E-state index in [4.69, 9.17) is 0 Å². The van der Waals surface area contributed by atoms with Crippen LogP contribution in [0.4, 0.5) is 0 Å². The zero-order valence-corrected chi connectivity index (χ0v) is 13.8. The van der Waals surface area contributed by atoms with E-state index >= 15 is 0 Å². The molecule has 0 radical (unpaired) electrons. The highest BCUT2D eigenvalue weighted by Gasteiger charge is 2.15. The van der Waals surface area contributed by atoms with Gasteiger partial charge in [-0.25, -0.2) is 0 Å². The first-order chi connectivity index (χ1) is 9.08. The van der Waals surface area contributed by atoms with Gasteiger partial charge in [-0.3, -0.25) is 0 Å². The summed E-state index contributed by atoms with van der Waals surface area (Å²) in [5.41, 5.74) is 0.450. The van der Waals surface area contributed by atoms with Gasteiger partial charge in [0, 0.05) is 6.54 Å². The number of rotatable bonds is 1. The Balaban J connectivity index is 2.31. The van der Waals surface area contributed by atoms with Gasteiger partial charge in [-0.05, 0) is 31.3 Å². The Morgan fingerprint density at radius 1 is 0.579 bits per heavy atom. The summed E-state index contributed by atoms with van der Waals surface area (Å²) < 4.78 is 0. The first-order valence-corrected chi connectivity index (χ1v) is 8.80. The normalized spacial score (nSPS) is 22.9. The van der Waals surface area contributed by atoms with Gasteiger partial charge in [-0.1, -0.05) is 78.6 Å². The van der Waals surface area contributed by atoms with Crippen LogP contribution in [0.3, 0.4) is 0 Å². The molecule has 0 saturated carbocycles. The maximum Gasteiger partial charge on any atom is 0.00300 e. The molecule has 19 heavy (non-hydrogen) atoms. The van der Waals surface area contributed by atoms with E-state index in [1.165, 1.54) is 90.3 Å². The molecular weight excluding hydrogens is 230 g/mol. The first kappa shape index (κ1) is 17.0. The predicted octanol–water partition coefficient (Wildman–Crippen LogP) is 5.64. The van der Waals surface area contributed by atoms with Crippen molar-refractivity contribution < 1.29 is 0 Å². The van der Waals surface area contributed by atoms with Crippen molar-refractivity contribution in [3.63, 3.8) is 0 Å². The van der Waals surface area contributed by atoms with Crippen molar-refractivity contribution in [1.82, 2.24) is 4.90 Å². The zero-order valence-electron chi connectivity index (χ0n) is 13.8. The molecule has 1 heterocycles. The largest absolute Gasteiger partial charge is 0.303 e. The molecule has 1 aliphatic heterocycles. The lowest BCUT2D eigenvalue weighted by Crippen LogP contribution is -2.34. The molecule has 0 aromatic heterocycles. The highest BCUT2D eigenvalue weighted by Crippen LogP contribution is 2.18. The second-order valence-corrected chi connectivity index (χ2v) is 7.73. The fraction of sp³-hybridized carbons (Fsp3) is 1.00. The highest BCUT2D eigenvalue weighted by molar-refractivity contribution is 4.69. The Bertz CT molecular complexity index is 190. The molecule has 114 valence electrons. The Labute approximate surface area is 122 Å². The minimum Gasteiger partial charge on any atom is -0.303 e. The average Bonchev–Trinajstić information content (AvgIpc) is 2.32. The average molecular weight is 268 g/mol. The lowest BCUT2D eigenvalue weighted by atomic mass is 9.95. The minimum absolute atomic E-state index is 0.450. The fourth-order valence-electron chi connectivity index (χ4n) is 3.20. The summed E-state index contributed by atoms with van der Waals surface area (Å²) >= 11 is 0. The summed E-state index contributed by atoms with van der Waals surface area (Å²) in [7, 11) is 0. The maximum atomic E-state index is 2.73. The number of nitrogens with zero attached hydrogens (tertiary/aromatic N) is 1. The van der Waals surface area contributed by atoms with Crippen molar-refractivity contribution in [1.29, 1.82) is 0 Å². The topological polar surface area (TPSA) is 3.24 Å². The van der Waals surface area contributed by atoms with Crippen LogP contribution in [0.5, 0.6) is 0 Å². The van der Waals surface area contributed by atoms with Gasteiger partial charge in [0.2, 0.25) is 0 Å².